The van der Waals surface area contributed by atoms with Gasteiger partial charge in [-0.2, -0.15) is 0 Å². The molecule has 0 aromatic carbocycles. The van der Waals surface area contributed by atoms with Crippen molar-refractivity contribution in [2.24, 2.45) is 5.73 Å². The van der Waals surface area contributed by atoms with Crippen LogP contribution in [0.25, 0.3) is 0 Å². The Labute approximate surface area is 99.8 Å². The lowest BCUT2D eigenvalue weighted by atomic mass is 10.2. The van der Waals surface area contributed by atoms with Crippen LogP contribution in [0.15, 0.2) is 5.38 Å². The van der Waals surface area contributed by atoms with Crippen LogP contribution in [0.3, 0.4) is 0 Å². The van der Waals surface area contributed by atoms with E-state index in [0.717, 1.165) is 10.7 Å². The minimum atomic E-state index is -2.93. The largest absolute Gasteiger partial charge is 0.323 e. The molecule has 1 fully saturated rings. The molecule has 0 amide bonds. The first-order valence-electron chi connectivity index (χ1n) is 5.34. The van der Waals surface area contributed by atoms with Crippen molar-refractivity contribution in [3.05, 3.63) is 16.1 Å². The summed E-state index contributed by atoms with van der Waals surface area (Å²) in [4.78, 5) is 4.47. The fraction of sp³-hybridized carbons (Fsp3) is 0.700. The van der Waals surface area contributed by atoms with Crippen LogP contribution in [0, 0.1) is 0 Å². The average molecular weight is 260 g/mol. The molecule has 1 aliphatic rings. The van der Waals surface area contributed by atoms with Gasteiger partial charge in [0.15, 0.2) is 0 Å². The highest BCUT2D eigenvalue weighted by molar-refractivity contribution is 7.90. The van der Waals surface area contributed by atoms with Crippen LogP contribution in [0.1, 0.15) is 41.9 Å². The molecule has 2 rings (SSSR count). The SMILES string of the molecule is CS(=O)(=O)CCC(N)c1csc(C2CC2)n1. The molecule has 0 saturated heterocycles. The van der Waals surface area contributed by atoms with E-state index in [4.69, 9.17) is 5.73 Å². The van der Waals surface area contributed by atoms with Gasteiger partial charge in [-0.3, -0.25) is 0 Å². The number of nitrogens with two attached hydrogens (primary N) is 1. The van der Waals surface area contributed by atoms with Crippen molar-refractivity contribution in [1.29, 1.82) is 0 Å². The molecule has 4 nitrogen and oxygen atoms in total. The zero-order valence-corrected chi connectivity index (χ0v) is 10.9. The van der Waals surface area contributed by atoms with Crippen LogP contribution in [0.5, 0.6) is 0 Å². The van der Waals surface area contributed by atoms with Crippen molar-refractivity contribution in [1.82, 2.24) is 4.98 Å². The maximum Gasteiger partial charge on any atom is 0.147 e. The number of sulfone groups is 1. The zero-order chi connectivity index (χ0) is 11.8. The van der Waals surface area contributed by atoms with E-state index in [-0.39, 0.29) is 11.8 Å². The predicted molar refractivity (Wildman–Crippen MR) is 65.3 cm³/mol. The number of aromatic nitrogens is 1. The quantitative estimate of drug-likeness (QED) is 0.869. The normalized spacial score (nSPS) is 18.6. The Morgan fingerprint density at radius 3 is 2.88 bits per heavy atom. The van der Waals surface area contributed by atoms with E-state index >= 15 is 0 Å². The molecule has 16 heavy (non-hydrogen) atoms. The molecule has 1 heterocycles. The summed E-state index contributed by atoms with van der Waals surface area (Å²) in [6, 6.07) is -0.251. The van der Waals surface area contributed by atoms with E-state index in [1.807, 2.05) is 5.38 Å². The Kier molecular flexibility index (Phi) is 3.32. The van der Waals surface area contributed by atoms with Gasteiger partial charge in [-0.25, -0.2) is 13.4 Å². The van der Waals surface area contributed by atoms with Crippen molar-refractivity contribution in [2.75, 3.05) is 12.0 Å². The van der Waals surface area contributed by atoms with Gasteiger partial charge in [0.25, 0.3) is 0 Å². The van der Waals surface area contributed by atoms with Crippen LogP contribution >= 0.6 is 11.3 Å². The molecule has 0 radical (unpaired) electrons. The van der Waals surface area contributed by atoms with Gasteiger partial charge in [0.1, 0.15) is 9.84 Å². The molecule has 1 aromatic heterocycles. The molecule has 0 aliphatic heterocycles. The maximum atomic E-state index is 11.0. The van der Waals surface area contributed by atoms with Gasteiger partial charge in [0.05, 0.1) is 16.5 Å². The number of rotatable bonds is 5. The smallest absolute Gasteiger partial charge is 0.147 e. The summed E-state index contributed by atoms with van der Waals surface area (Å²) in [5, 5.41) is 3.12. The Hall–Kier alpha value is -0.460. The molecule has 1 saturated carbocycles. The first-order valence-corrected chi connectivity index (χ1v) is 8.28. The summed E-state index contributed by atoms with van der Waals surface area (Å²) < 4.78 is 22.0. The van der Waals surface area contributed by atoms with Gasteiger partial charge in [0, 0.05) is 23.6 Å². The van der Waals surface area contributed by atoms with E-state index in [1.165, 1.54) is 19.1 Å². The Morgan fingerprint density at radius 2 is 2.31 bits per heavy atom. The summed E-state index contributed by atoms with van der Waals surface area (Å²) in [6.45, 7) is 0. The standard InChI is InChI=1S/C10H16N2O2S2/c1-16(13,14)5-4-8(11)9-6-15-10(12-9)7-2-3-7/h6-8H,2-5,11H2,1H3. The van der Waals surface area contributed by atoms with E-state index < -0.39 is 9.84 Å². The van der Waals surface area contributed by atoms with Crippen LogP contribution < -0.4 is 5.73 Å². The van der Waals surface area contributed by atoms with Crippen molar-refractivity contribution >= 4 is 21.2 Å². The zero-order valence-electron chi connectivity index (χ0n) is 9.22. The lowest BCUT2D eigenvalue weighted by Gasteiger charge is -2.07. The third-order valence-corrected chi connectivity index (χ3v) is 4.65. The minimum absolute atomic E-state index is 0.129. The second-order valence-electron chi connectivity index (χ2n) is 4.41. The van der Waals surface area contributed by atoms with Crippen molar-refractivity contribution in [2.45, 2.75) is 31.2 Å². The fourth-order valence-electron chi connectivity index (χ4n) is 1.48. The summed E-state index contributed by atoms with van der Waals surface area (Å²) in [6.07, 6.45) is 4.14. The summed E-state index contributed by atoms with van der Waals surface area (Å²) >= 11 is 1.64. The number of nitrogens with zero attached hydrogens (tertiary/aromatic N) is 1. The molecule has 1 aromatic rings. The van der Waals surface area contributed by atoms with Gasteiger partial charge >= 0.3 is 0 Å². The van der Waals surface area contributed by atoms with Gasteiger partial charge in [-0.15, -0.1) is 11.3 Å². The van der Waals surface area contributed by atoms with Crippen molar-refractivity contribution in [3.63, 3.8) is 0 Å². The van der Waals surface area contributed by atoms with Crippen LogP contribution in [-0.4, -0.2) is 25.4 Å². The highest BCUT2D eigenvalue weighted by atomic mass is 32.2. The molecular weight excluding hydrogens is 244 g/mol. The third-order valence-electron chi connectivity index (χ3n) is 2.65. The monoisotopic (exact) mass is 260 g/mol. The number of thiazole rings is 1. The second-order valence-corrected chi connectivity index (χ2v) is 7.56. The lowest BCUT2D eigenvalue weighted by molar-refractivity contribution is 0.590. The molecule has 90 valence electrons. The Morgan fingerprint density at radius 1 is 1.62 bits per heavy atom. The van der Waals surface area contributed by atoms with Crippen LogP contribution in [0.4, 0.5) is 0 Å². The van der Waals surface area contributed by atoms with Gasteiger partial charge in [0.2, 0.25) is 0 Å². The highest BCUT2D eigenvalue weighted by Crippen LogP contribution is 2.41. The fourth-order valence-corrected chi connectivity index (χ4v) is 3.22. The molecule has 2 N–H and O–H groups in total. The first kappa shape index (κ1) is 12.0. The summed E-state index contributed by atoms with van der Waals surface area (Å²) in [7, 11) is -2.93. The van der Waals surface area contributed by atoms with Gasteiger partial charge in [-0.05, 0) is 19.3 Å². The van der Waals surface area contributed by atoms with Gasteiger partial charge in [-0.1, -0.05) is 0 Å². The first-order chi connectivity index (χ1) is 7.46. The van der Waals surface area contributed by atoms with Crippen LogP contribution in [-0.2, 0) is 9.84 Å². The Balaban J connectivity index is 1.94. The van der Waals surface area contributed by atoms with E-state index in [1.54, 1.807) is 11.3 Å². The molecule has 1 aliphatic carbocycles. The second kappa shape index (κ2) is 4.43. The topological polar surface area (TPSA) is 73.0 Å². The van der Waals surface area contributed by atoms with E-state index in [0.29, 0.717) is 12.3 Å². The van der Waals surface area contributed by atoms with E-state index in [2.05, 4.69) is 4.98 Å². The summed E-state index contributed by atoms with van der Waals surface area (Å²) in [5.74, 6) is 0.769. The Bertz CT molecular complexity index is 463. The average Bonchev–Trinajstić information content (AvgIpc) is 2.92. The molecule has 6 heteroatoms. The molecule has 0 spiro atoms. The van der Waals surface area contributed by atoms with Crippen molar-refractivity contribution < 1.29 is 8.42 Å². The molecular formula is C10H16N2O2S2. The van der Waals surface area contributed by atoms with E-state index in [9.17, 15) is 8.42 Å². The molecule has 1 unspecified atom stereocenters. The highest BCUT2D eigenvalue weighted by Gasteiger charge is 2.27. The molecule has 1 atom stereocenters. The van der Waals surface area contributed by atoms with Crippen LogP contribution in [0.2, 0.25) is 0 Å². The van der Waals surface area contributed by atoms with Crippen molar-refractivity contribution in [3.8, 4) is 0 Å². The lowest BCUT2D eigenvalue weighted by Crippen LogP contribution is -2.16. The minimum Gasteiger partial charge on any atom is -0.323 e. The predicted octanol–water partition coefficient (Wildman–Crippen LogP) is 1.46. The molecule has 0 bridgehead atoms. The summed E-state index contributed by atoms with van der Waals surface area (Å²) in [5.41, 5.74) is 6.76. The number of hydrogen-bond acceptors (Lipinski definition) is 5. The van der Waals surface area contributed by atoms with Gasteiger partial charge < -0.3 is 5.73 Å². The maximum absolute atomic E-state index is 11.0. The third kappa shape index (κ3) is 3.26. The number of hydrogen-bond donors (Lipinski definition) is 1.